The Morgan fingerprint density at radius 1 is 1.24 bits per heavy atom. The number of benzene rings is 1. The zero-order valence-corrected chi connectivity index (χ0v) is 16.9. The third-order valence-electron chi connectivity index (χ3n) is 5.70. The molecule has 1 aromatic rings. The molecule has 29 heavy (non-hydrogen) atoms. The molecular weight excluding hydrogens is 376 g/mol. The van der Waals surface area contributed by atoms with Gasteiger partial charge in [-0.15, -0.1) is 0 Å². The van der Waals surface area contributed by atoms with Crippen LogP contribution in [0.3, 0.4) is 0 Å². The normalized spacial score (nSPS) is 30.2. The molecule has 0 unspecified atom stereocenters. The van der Waals surface area contributed by atoms with Gasteiger partial charge in [-0.05, 0) is 38.8 Å². The van der Waals surface area contributed by atoms with E-state index < -0.39 is 35.4 Å². The zero-order valence-electron chi connectivity index (χ0n) is 16.9. The average molecular weight is 400 g/mol. The van der Waals surface area contributed by atoms with E-state index >= 15 is 0 Å². The molecular formula is C21H24N2O6. The maximum Gasteiger partial charge on any atom is 0.358 e. The number of β-lactam (4-membered cyclic amide) rings is 1. The van der Waals surface area contributed by atoms with Crippen molar-refractivity contribution in [2.45, 2.75) is 51.5 Å². The van der Waals surface area contributed by atoms with Crippen LogP contribution in [0.25, 0.3) is 5.57 Å². The van der Waals surface area contributed by atoms with E-state index in [0.29, 0.717) is 5.57 Å². The van der Waals surface area contributed by atoms with Gasteiger partial charge in [-0.25, -0.2) is 4.79 Å². The first-order valence-corrected chi connectivity index (χ1v) is 9.48. The van der Waals surface area contributed by atoms with E-state index in [4.69, 9.17) is 19.9 Å². The van der Waals surface area contributed by atoms with Crippen molar-refractivity contribution in [1.82, 2.24) is 4.90 Å². The topological polar surface area (TPSA) is 111 Å². The first-order chi connectivity index (χ1) is 13.5. The number of rotatable bonds is 4. The van der Waals surface area contributed by atoms with Gasteiger partial charge >= 0.3 is 11.9 Å². The molecule has 1 aromatic carbocycles. The Morgan fingerprint density at radius 3 is 2.41 bits per heavy atom. The van der Waals surface area contributed by atoms with Gasteiger partial charge < -0.3 is 19.9 Å². The molecule has 0 radical (unpaired) electrons. The summed E-state index contributed by atoms with van der Waals surface area (Å²) >= 11 is 0. The standard InChI is InChI=1S/C21H24N2O6/c1-12-21(29-12)17(25)23-15(16(24)27-11-28-18(26)19(2,3)4)14(10-20(21,23)22)13-8-6-5-7-9-13/h5-9,12H,10-11,22H2,1-4H3/t12-,20-,21-/m1/s1. The highest BCUT2D eigenvalue weighted by Gasteiger charge is 2.85. The molecule has 154 valence electrons. The van der Waals surface area contributed by atoms with Crippen molar-refractivity contribution in [2.24, 2.45) is 11.1 Å². The fourth-order valence-corrected chi connectivity index (χ4v) is 4.08. The van der Waals surface area contributed by atoms with Crippen LogP contribution in [0, 0.1) is 5.41 Å². The van der Waals surface area contributed by atoms with Crippen molar-refractivity contribution < 1.29 is 28.6 Å². The van der Waals surface area contributed by atoms with Crippen LogP contribution in [0.15, 0.2) is 36.0 Å². The Hall–Kier alpha value is -2.71. The summed E-state index contributed by atoms with van der Waals surface area (Å²) < 4.78 is 15.8. The Morgan fingerprint density at radius 2 is 1.86 bits per heavy atom. The summed E-state index contributed by atoms with van der Waals surface area (Å²) in [4.78, 5) is 38.9. The van der Waals surface area contributed by atoms with E-state index in [-0.39, 0.29) is 24.1 Å². The molecule has 0 aromatic heterocycles. The van der Waals surface area contributed by atoms with Crippen LogP contribution in [0.4, 0.5) is 0 Å². The lowest BCUT2D eigenvalue weighted by molar-refractivity contribution is -0.178. The number of esters is 2. The van der Waals surface area contributed by atoms with E-state index in [1.807, 2.05) is 30.3 Å². The second kappa shape index (κ2) is 6.14. The van der Waals surface area contributed by atoms with Gasteiger partial charge in [0.05, 0.1) is 11.5 Å². The molecule has 0 bridgehead atoms. The van der Waals surface area contributed by atoms with Crippen LogP contribution >= 0.6 is 0 Å². The Kier molecular flexibility index (Phi) is 4.15. The summed E-state index contributed by atoms with van der Waals surface area (Å²) in [5, 5.41) is 0. The molecule has 3 aliphatic heterocycles. The number of ether oxygens (including phenoxy) is 3. The minimum absolute atomic E-state index is 0.0730. The third kappa shape index (κ3) is 2.63. The number of amides is 1. The maximum absolute atomic E-state index is 12.9. The molecule has 2 fully saturated rings. The second-order valence-corrected chi connectivity index (χ2v) is 8.66. The van der Waals surface area contributed by atoms with Gasteiger partial charge in [0.2, 0.25) is 12.4 Å². The van der Waals surface area contributed by atoms with Crippen molar-refractivity contribution in [1.29, 1.82) is 0 Å². The van der Waals surface area contributed by atoms with Crippen LogP contribution in [-0.2, 0) is 28.6 Å². The molecule has 2 saturated heterocycles. The van der Waals surface area contributed by atoms with Crippen molar-refractivity contribution >= 4 is 23.4 Å². The van der Waals surface area contributed by atoms with Gasteiger partial charge in [0.1, 0.15) is 11.4 Å². The lowest BCUT2D eigenvalue weighted by Gasteiger charge is -2.50. The lowest BCUT2D eigenvalue weighted by Crippen LogP contribution is -2.80. The van der Waals surface area contributed by atoms with Crippen LogP contribution < -0.4 is 5.73 Å². The number of epoxide rings is 1. The Bertz CT molecular complexity index is 934. The Balaban J connectivity index is 1.60. The SMILES string of the molecule is C[C@H]1O[C@@]12C(=O)N1C(C(=O)OCOC(=O)C(C)(C)C)=C(c3ccccc3)C[C@@]12N. The molecule has 3 atom stereocenters. The van der Waals surface area contributed by atoms with Crippen LogP contribution in [0.5, 0.6) is 0 Å². The molecule has 4 rings (SSSR count). The number of hydrogen-bond acceptors (Lipinski definition) is 7. The average Bonchev–Trinajstić information content (AvgIpc) is 3.29. The molecule has 0 aliphatic carbocycles. The van der Waals surface area contributed by atoms with E-state index in [0.717, 1.165) is 5.56 Å². The highest BCUT2D eigenvalue weighted by Crippen LogP contribution is 2.62. The van der Waals surface area contributed by atoms with E-state index in [9.17, 15) is 14.4 Å². The summed E-state index contributed by atoms with van der Waals surface area (Å²) in [6.07, 6.45) is -0.0457. The molecule has 2 N–H and O–H groups in total. The fraction of sp³-hybridized carbons (Fsp3) is 0.476. The monoisotopic (exact) mass is 400 g/mol. The number of carbonyl (C=O) groups excluding carboxylic acids is 3. The molecule has 1 spiro atoms. The number of carbonyl (C=O) groups is 3. The van der Waals surface area contributed by atoms with E-state index in [1.165, 1.54) is 4.90 Å². The van der Waals surface area contributed by atoms with Crippen LogP contribution in [0.2, 0.25) is 0 Å². The van der Waals surface area contributed by atoms with Crippen molar-refractivity contribution in [2.75, 3.05) is 6.79 Å². The summed E-state index contributed by atoms with van der Waals surface area (Å²) in [6, 6.07) is 9.21. The summed E-state index contributed by atoms with van der Waals surface area (Å²) in [6.45, 7) is 6.33. The smallest absolute Gasteiger partial charge is 0.358 e. The highest BCUT2D eigenvalue weighted by atomic mass is 16.7. The van der Waals surface area contributed by atoms with E-state index in [1.54, 1.807) is 27.7 Å². The molecule has 3 heterocycles. The molecule has 3 aliphatic rings. The van der Waals surface area contributed by atoms with Gasteiger partial charge in [0, 0.05) is 6.42 Å². The van der Waals surface area contributed by atoms with Crippen LogP contribution in [0.1, 0.15) is 39.7 Å². The maximum atomic E-state index is 12.9. The summed E-state index contributed by atoms with van der Waals surface area (Å²) in [7, 11) is 0. The van der Waals surface area contributed by atoms with Crippen molar-refractivity contribution in [3.05, 3.63) is 41.6 Å². The van der Waals surface area contributed by atoms with Gasteiger partial charge in [-0.1, -0.05) is 30.3 Å². The first kappa shape index (κ1) is 19.6. The number of fused-ring (bicyclic) bond motifs is 2. The second-order valence-electron chi connectivity index (χ2n) is 8.66. The first-order valence-electron chi connectivity index (χ1n) is 9.48. The van der Waals surface area contributed by atoms with Crippen LogP contribution in [-0.4, -0.2) is 46.9 Å². The van der Waals surface area contributed by atoms with Crippen molar-refractivity contribution in [3.8, 4) is 0 Å². The summed E-state index contributed by atoms with van der Waals surface area (Å²) in [5.74, 6) is -1.62. The molecule has 8 nitrogen and oxygen atoms in total. The quantitative estimate of drug-likeness (QED) is 0.353. The minimum atomic E-state index is -1.13. The molecule has 8 heteroatoms. The summed E-state index contributed by atoms with van der Waals surface area (Å²) in [5.41, 5.74) is 5.06. The molecule has 0 saturated carbocycles. The largest absolute Gasteiger partial charge is 0.427 e. The minimum Gasteiger partial charge on any atom is -0.427 e. The Labute approximate surface area is 168 Å². The molecule has 1 amide bonds. The fourth-order valence-electron chi connectivity index (χ4n) is 4.08. The number of nitrogens with zero attached hydrogens (tertiary/aromatic N) is 1. The van der Waals surface area contributed by atoms with E-state index in [2.05, 4.69) is 0 Å². The number of nitrogens with two attached hydrogens (primary N) is 1. The zero-order chi connectivity index (χ0) is 21.2. The van der Waals surface area contributed by atoms with Gasteiger partial charge in [0.15, 0.2) is 0 Å². The van der Waals surface area contributed by atoms with Crippen molar-refractivity contribution in [3.63, 3.8) is 0 Å². The predicted molar refractivity (Wildman–Crippen MR) is 102 cm³/mol. The number of hydrogen-bond donors (Lipinski definition) is 1. The van der Waals surface area contributed by atoms with Gasteiger partial charge in [-0.2, -0.15) is 0 Å². The lowest BCUT2D eigenvalue weighted by atomic mass is 9.77. The predicted octanol–water partition coefficient (Wildman–Crippen LogP) is 1.55. The highest BCUT2D eigenvalue weighted by molar-refractivity contribution is 6.11. The third-order valence-corrected chi connectivity index (χ3v) is 5.70. The van der Waals surface area contributed by atoms with Gasteiger partial charge in [-0.3, -0.25) is 14.5 Å². The van der Waals surface area contributed by atoms with Gasteiger partial charge in [0.25, 0.3) is 5.91 Å².